The number of carbonyl (C=O) groups excluding carboxylic acids is 4. The summed E-state index contributed by atoms with van der Waals surface area (Å²) in [5.41, 5.74) is 4.14. The molecule has 1 N–H and O–H groups in total. The third kappa shape index (κ3) is 6.35. The molecule has 0 saturated heterocycles. The fraction of sp³-hybridized carbons (Fsp3) is 0.360. The average Bonchev–Trinajstić information content (AvgIpc) is 2.81. The minimum atomic E-state index is -0.577. The van der Waals surface area contributed by atoms with Crippen LogP contribution < -0.4 is 5.32 Å². The van der Waals surface area contributed by atoms with Gasteiger partial charge in [0.15, 0.2) is 18.2 Å². The SMILES string of the molecule is CCC(=O)Nc1ccc(C(=O)COC(=O)CCC(=O)c2ccc3c(c2)CCCC3)cc1. The molecule has 0 aliphatic heterocycles. The van der Waals surface area contributed by atoms with Crippen molar-refractivity contribution >= 4 is 29.1 Å². The Morgan fingerprint density at radius 2 is 1.52 bits per heavy atom. The molecule has 2 aromatic rings. The first kappa shape index (κ1) is 22.4. The van der Waals surface area contributed by atoms with Crippen molar-refractivity contribution in [3.63, 3.8) is 0 Å². The van der Waals surface area contributed by atoms with E-state index in [0.29, 0.717) is 23.2 Å². The summed E-state index contributed by atoms with van der Waals surface area (Å²) in [4.78, 5) is 48.0. The highest BCUT2D eigenvalue weighted by Gasteiger charge is 2.15. The number of amides is 1. The Kier molecular flexibility index (Phi) is 7.70. The number of aryl methyl sites for hydroxylation is 2. The monoisotopic (exact) mass is 421 g/mol. The Morgan fingerprint density at radius 3 is 2.23 bits per heavy atom. The van der Waals surface area contributed by atoms with Crippen molar-refractivity contribution < 1.29 is 23.9 Å². The molecular formula is C25H27NO5. The summed E-state index contributed by atoms with van der Waals surface area (Å²) < 4.78 is 5.04. The van der Waals surface area contributed by atoms with E-state index in [1.807, 2.05) is 18.2 Å². The lowest BCUT2D eigenvalue weighted by Crippen LogP contribution is -2.15. The van der Waals surface area contributed by atoms with E-state index in [-0.39, 0.29) is 36.9 Å². The van der Waals surface area contributed by atoms with Crippen LogP contribution in [0.5, 0.6) is 0 Å². The molecule has 31 heavy (non-hydrogen) atoms. The highest BCUT2D eigenvalue weighted by atomic mass is 16.5. The maximum atomic E-state index is 12.4. The van der Waals surface area contributed by atoms with Gasteiger partial charge in [-0.25, -0.2) is 0 Å². The number of anilines is 1. The Labute approximate surface area is 182 Å². The van der Waals surface area contributed by atoms with Gasteiger partial charge in [0.05, 0.1) is 6.42 Å². The molecule has 1 aliphatic carbocycles. The van der Waals surface area contributed by atoms with Crippen LogP contribution in [-0.2, 0) is 27.2 Å². The molecule has 1 aliphatic rings. The van der Waals surface area contributed by atoms with E-state index < -0.39 is 5.97 Å². The Bertz CT molecular complexity index is 978. The van der Waals surface area contributed by atoms with Gasteiger partial charge in [-0.05, 0) is 67.1 Å². The number of hydrogen-bond donors (Lipinski definition) is 1. The molecule has 6 nitrogen and oxygen atoms in total. The zero-order valence-electron chi connectivity index (χ0n) is 17.7. The quantitative estimate of drug-likeness (QED) is 0.482. The fourth-order valence-corrected chi connectivity index (χ4v) is 3.56. The molecular weight excluding hydrogens is 394 g/mol. The summed E-state index contributed by atoms with van der Waals surface area (Å²) in [6, 6.07) is 12.2. The van der Waals surface area contributed by atoms with Crippen molar-refractivity contribution in [3.05, 3.63) is 64.7 Å². The van der Waals surface area contributed by atoms with Gasteiger partial charge in [-0.2, -0.15) is 0 Å². The number of esters is 1. The molecule has 0 bridgehead atoms. The second-order valence-corrected chi connectivity index (χ2v) is 7.68. The van der Waals surface area contributed by atoms with Crippen molar-refractivity contribution in [1.82, 2.24) is 0 Å². The van der Waals surface area contributed by atoms with E-state index >= 15 is 0 Å². The van der Waals surface area contributed by atoms with Gasteiger partial charge in [0.2, 0.25) is 5.91 Å². The summed E-state index contributed by atoms with van der Waals surface area (Å²) in [5, 5.41) is 2.70. The topological polar surface area (TPSA) is 89.5 Å². The molecule has 1 amide bonds. The zero-order valence-corrected chi connectivity index (χ0v) is 17.7. The number of ether oxygens (including phenoxy) is 1. The van der Waals surface area contributed by atoms with Crippen LogP contribution in [0.15, 0.2) is 42.5 Å². The van der Waals surface area contributed by atoms with Gasteiger partial charge in [0, 0.05) is 29.7 Å². The summed E-state index contributed by atoms with van der Waals surface area (Å²) in [6.45, 7) is 1.37. The van der Waals surface area contributed by atoms with Crippen molar-refractivity contribution in [2.24, 2.45) is 0 Å². The zero-order chi connectivity index (χ0) is 22.2. The Balaban J connectivity index is 1.44. The predicted molar refractivity (Wildman–Crippen MR) is 117 cm³/mol. The first-order valence-electron chi connectivity index (χ1n) is 10.7. The first-order chi connectivity index (χ1) is 15.0. The molecule has 0 aromatic heterocycles. The summed E-state index contributed by atoms with van der Waals surface area (Å²) in [6.07, 6.45) is 4.73. The van der Waals surface area contributed by atoms with E-state index in [0.717, 1.165) is 19.3 Å². The van der Waals surface area contributed by atoms with Gasteiger partial charge in [-0.15, -0.1) is 0 Å². The Hall–Kier alpha value is -3.28. The molecule has 0 heterocycles. The van der Waals surface area contributed by atoms with Crippen LogP contribution in [0.25, 0.3) is 0 Å². The summed E-state index contributed by atoms with van der Waals surface area (Å²) in [5.74, 6) is -1.13. The highest BCUT2D eigenvalue weighted by molar-refractivity contribution is 6.00. The number of rotatable bonds is 9. The smallest absolute Gasteiger partial charge is 0.306 e. The first-order valence-corrected chi connectivity index (χ1v) is 10.7. The van der Waals surface area contributed by atoms with E-state index in [1.54, 1.807) is 31.2 Å². The third-order valence-corrected chi connectivity index (χ3v) is 5.40. The van der Waals surface area contributed by atoms with Gasteiger partial charge in [0.1, 0.15) is 0 Å². The number of fused-ring (bicyclic) bond motifs is 1. The van der Waals surface area contributed by atoms with Crippen molar-refractivity contribution in [3.8, 4) is 0 Å². The maximum Gasteiger partial charge on any atom is 0.306 e. The number of benzene rings is 2. The second kappa shape index (κ2) is 10.7. The highest BCUT2D eigenvalue weighted by Crippen LogP contribution is 2.23. The molecule has 0 unspecified atom stereocenters. The lowest BCUT2D eigenvalue weighted by Gasteiger charge is -2.16. The standard InChI is InChI=1S/C25H27NO5/c1-2-24(29)26-21-11-9-18(10-12-21)23(28)16-31-25(30)14-13-22(27)20-8-7-17-5-3-4-6-19(17)15-20/h7-12,15H,2-6,13-14,16H2,1H3,(H,26,29). The van der Waals surface area contributed by atoms with Crippen molar-refractivity contribution in [2.45, 2.75) is 51.9 Å². The van der Waals surface area contributed by atoms with Gasteiger partial charge < -0.3 is 10.1 Å². The van der Waals surface area contributed by atoms with E-state index in [2.05, 4.69) is 5.32 Å². The van der Waals surface area contributed by atoms with E-state index in [9.17, 15) is 19.2 Å². The van der Waals surface area contributed by atoms with Gasteiger partial charge in [-0.1, -0.05) is 19.1 Å². The third-order valence-electron chi connectivity index (χ3n) is 5.40. The van der Waals surface area contributed by atoms with Gasteiger partial charge >= 0.3 is 5.97 Å². The maximum absolute atomic E-state index is 12.4. The lowest BCUT2D eigenvalue weighted by molar-refractivity contribution is -0.142. The van der Waals surface area contributed by atoms with Crippen LogP contribution in [0.3, 0.4) is 0 Å². The van der Waals surface area contributed by atoms with Crippen LogP contribution in [0.1, 0.15) is 70.9 Å². The molecule has 0 radical (unpaired) electrons. The molecule has 162 valence electrons. The minimum absolute atomic E-state index is 0.0532. The lowest BCUT2D eigenvalue weighted by atomic mass is 9.89. The van der Waals surface area contributed by atoms with Crippen LogP contribution in [0.2, 0.25) is 0 Å². The fourth-order valence-electron chi connectivity index (χ4n) is 3.56. The van der Waals surface area contributed by atoms with Crippen molar-refractivity contribution in [1.29, 1.82) is 0 Å². The number of carbonyl (C=O) groups is 4. The van der Waals surface area contributed by atoms with Crippen LogP contribution >= 0.6 is 0 Å². The van der Waals surface area contributed by atoms with Gasteiger partial charge in [-0.3, -0.25) is 19.2 Å². The molecule has 0 spiro atoms. The Morgan fingerprint density at radius 1 is 0.839 bits per heavy atom. The summed E-state index contributed by atoms with van der Waals surface area (Å²) >= 11 is 0. The molecule has 0 atom stereocenters. The molecule has 6 heteroatoms. The average molecular weight is 421 g/mol. The number of ketones is 2. The normalized spacial score (nSPS) is 12.5. The van der Waals surface area contributed by atoms with Crippen LogP contribution in [-0.4, -0.2) is 30.0 Å². The molecule has 3 rings (SSSR count). The second-order valence-electron chi connectivity index (χ2n) is 7.68. The van der Waals surface area contributed by atoms with Gasteiger partial charge in [0.25, 0.3) is 0 Å². The van der Waals surface area contributed by atoms with Crippen LogP contribution in [0.4, 0.5) is 5.69 Å². The molecule has 0 fully saturated rings. The molecule has 2 aromatic carbocycles. The summed E-state index contributed by atoms with van der Waals surface area (Å²) in [7, 11) is 0. The number of Topliss-reactive ketones (excluding diaryl/α,β-unsaturated/α-hetero) is 2. The predicted octanol–water partition coefficient (Wildman–Crippen LogP) is 4.30. The number of nitrogens with one attached hydrogen (secondary N) is 1. The van der Waals surface area contributed by atoms with Crippen LogP contribution in [0, 0.1) is 0 Å². The van der Waals surface area contributed by atoms with E-state index in [1.165, 1.54) is 17.5 Å². The van der Waals surface area contributed by atoms with E-state index in [4.69, 9.17) is 4.74 Å². The number of hydrogen-bond acceptors (Lipinski definition) is 5. The largest absolute Gasteiger partial charge is 0.457 e. The minimum Gasteiger partial charge on any atom is -0.457 e. The molecule has 0 saturated carbocycles. The van der Waals surface area contributed by atoms with Crippen molar-refractivity contribution in [2.75, 3.05) is 11.9 Å².